The van der Waals surface area contributed by atoms with Crippen LogP contribution in [0.25, 0.3) is 11.0 Å². The largest absolute Gasteiger partial charge is 0.356 e. The SMILES string of the molecule is CC(C)[C@@H]1CC[C@@H](C)CC(=O)N2C[C@H]3C[C@H](CN(C(=O)Cc4noc5ccccc45)C3)[C@@H]2CCCC(=O)N1. The molecule has 38 heavy (non-hydrogen) atoms. The number of hydrogen-bond donors (Lipinski definition) is 1. The quantitative estimate of drug-likeness (QED) is 0.653. The molecular weight excluding hydrogens is 480 g/mol. The second kappa shape index (κ2) is 11.5. The highest BCUT2D eigenvalue weighted by Gasteiger charge is 2.43. The molecular formula is C30H42N4O4. The number of hydrogen-bond acceptors (Lipinski definition) is 5. The lowest BCUT2D eigenvalue weighted by atomic mass is 9.77. The van der Waals surface area contributed by atoms with E-state index in [1.54, 1.807) is 0 Å². The molecule has 3 amide bonds. The lowest BCUT2D eigenvalue weighted by Crippen LogP contribution is -2.60. The Morgan fingerprint density at radius 2 is 1.95 bits per heavy atom. The molecule has 8 nitrogen and oxygen atoms in total. The van der Waals surface area contributed by atoms with Gasteiger partial charge in [-0.3, -0.25) is 14.4 Å². The number of amides is 3. The van der Waals surface area contributed by atoms with Crippen molar-refractivity contribution in [2.45, 2.75) is 84.2 Å². The predicted molar refractivity (Wildman–Crippen MR) is 145 cm³/mol. The van der Waals surface area contributed by atoms with Gasteiger partial charge in [-0.15, -0.1) is 0 Å². The van der Waals surface area contributed by atoms with E-state index in [4.69, 9.17) is 4.52 Å². The first-order valence-corrected chi connectivity index (χ1v) is 14.5. The Labute approximate surface area is 225 Å². The van der Waals surface area contributed by atoms with Crippen molar-refractivity contribution in [3.63, 3.8) is 0 Å². The molecule has 0 spiro atoms. The molecule has 3 aliphatic rings. The van der Waals surface area contributed by atoms with Gasteiger partial charge in [0, 0.05) is 49.9 Å². The molecule has 8 heteroatoms. The van der Waals surface area contributed by atoms with Gasteiger partial charge in [-0.2, -0.15) is 0 Å². The maximum atomic E-state index is 13.6. The number of benzene rings is 1. The molecule has 3 aliphatic heterocycles. The van der Waals surface area contributed by atoms with Crippen LogP contribution in [0, 0.1) is 23.7 Å². The first kappa shape index (κ1) is 26.7. The maximum absolute atomic E-state index is 13.6. The zero-order valence-electron chi connectivity index (χ0n) is 23.0. The highest BCUT2D eigenvalue weighted by Crippen LogP contribution is 2.37. The number of aromatic nitrogens is 1. The molecule has 1 aromatic carbocycles. The summed E-state index contributed by atoms with van der Waals surface area (Å²) < 4.78 is 5.41. The Hall–Kier alpha value is -2.90. The van der Waals surface area contributed by atoms with E-state index in [2.05, 4.69) is 36.1 Å². The lowest BCUT2D eigenvalue weighted by molar-refractivity contribution is -0.146. The van der Waals surface area contributed by atoms with Gasteiger partial charge in [-0.1, -0.05) is 38.1 Å². The van der Waals surface area contributed by atoms with Gasteiger partial charge >= 0.3 is 0 Å². The van der Waals surface area contributed by atoms with Crippen LogP contribution in [0.2, 0.25) is 0 Å². The van der Waals surface area contributed by atoms with Gasteiger partial charge in [0.1, 0.15) is 5.69 Å². The van der Waals surface area contributed by atoms with Crippen molar-refractivity contribution in [3.8, 4) is 0 Å². The van der Waals surface area contributed by atoms with Gasteiger partial charge in [-0.25, -0.2) is 0 Å². The molecule has 3 saturated heterocycles. The van der Waals surface area contributed by atoms with E-state index in [1.165, 1.54) is 0 Å². The van der Waals surface area contributed by atoms with Crippen LogP contribution in [0.3, 0.4) is 0 Å². The molecule has 0 unspecified atom stereocenters. The molecule has 206 valence electrons. The molecule has 0 radical (unpaired) electrons. The number of likely N-dealkylation sites (tertiary alicyclic amines) is 1. The van der Waals surface area contributed by atoms with Crippen LogP contribution in [0.15, 0.2) is 28.8 Å². The van der Waals surface area contributed by atoms with E-state index in [9.17, 15) is 14.4 Å². The van der Waals surface area contributed by atoms with E-state index in [0.717, 1.165) is 37.5 Å². The number of fused-ring (bicyclic) bond motifs is 5. The Kier molecular flexibility index (Phi) is 8.05. The molecule has 5 rings (SSSR count). The summed E-state index contributed by atoms with van der Waals surface area (Å²) in [6.45, 7) is 8.48. The third-order valence-corrected chi connectivity index (χ3v) is 8.96. The summed E-state index contributed by atoms with van der Waals surface area (Å²) in [7, 11) is 0. The Morgan fingerprint density at radius 3 is 2.76 bits per heavy atom. The molecule has 4 heterocycles. The zero-order valence-corrected chi connectivity index (χ0v) is 23.0. The molecule has 2 bridgehead atoms. The van der Waals surface area contributed by atoms with Gasteiger partial charge in [0.25, 0.3) is 0 Å². The average Bonchev–Trinajstić information content (AvgIpc) is 3.29. The van der Waals surface area contributed by atoms with Crippen LogP contribution in [0.5, 0.6) is 0 Å². The van der Waals surface area contributed by atoms with Crippen LogP contribution in [0.4, 0.5) is 0 Å². The van der Waals surface area contributed by atoms with Crippen molar-refractivity contribution in [1.82, 2.24) is 20.3 Å². The molecule has 0 aliphatic carbocycles. The predicted octanol–water partition coefficient (Wildman–Crippen LogP) is 4.18. The molecule has 0 saturated carbocycles. The topological polar surface area (TPSA) is 95.8 Å². The third-order valence-electron chi connectivity index (χ3n) is 8.96. The summed E-state index contributed by atoms with van der Waals surface area (Å²) in [5.74, 6) is 1.59. The highest BCUT2D eigenvalue weighted by molar-refractivity contribution is 5.86. The van der Waals surface area contributed by atoms with Crippen molar-refractivity contribution in [2.24, 2.45) is 23.7 Å². The second-order valence-corrected chi connectivity index (χ2v) is 12.3. The van der Waals surface area contributed by atoms with Crippen LogP contribution in [-0.2, 0) is 20.8 Å². The minimum Gasteiger partial charge on any atom is -0.356 e. The molecule has 5 atom stereocenters. The molecule has 3 fully saturated rings. The van der Waals surface area contributed by atoms with Crippen LogP contribution in [0.1, 0.15) is 71.4 Å². The van der Waals surface area contributed by atoms with Gasteiger partial charge in [0.05, 0.1) is 6.42 Å². The van der Waals surface area contributed by atoms with Gasteiger partial charge < -0.3 is 19.6 Å². The average molecular weight is 523 g/mol. The van der Waals surface area contributed by atoms with Gasteiger partial charge in [-0.05, 0) is 67.9 Å². The van der Waals surface area contributed by atoms with Crippen molar-refractivity contribution in [2.75, 3.05) is 19.6 Å². The normalized spacial score (nSPS) is 29.3. The lowest BCUT2D eigenvalue weighted by Gasteiger charge is -2.51. The number of carbonyl (C=O) groups is 3. The number of nitrogens with zero attached hydrogens (tertiary/aromatic N) is 3. The standard InChI is InChI=1S/C30H42N4O4/c1-19(2)24-12-11-20(3)13-30(37)34-17-21-14-22(26(34)8-6-10-28(35)31-24)18-33(16-21)29(36)15-25-23-7-4-5-9-27(23)38-32-25/h4-5,7,9,19-22,24,26H,6,8,10-18H2,1-3H3,(H,31,35)/t20-,21+,22-,24+,26+/m1/s1. The molecule has 2 aromatic rings. The Morgan fingerprint density at radius 1 is 1.13 bits per heavy atom. The third kappa shape index (κ3) is 5.89. The van der Waals surface area contributed by atoms with Gasteiger partial charge in [0.2, 0.25) is 17.7 Å². The fourth-order valence-electron chi connectivity index (χ4n) is 6.83. The van der Waals surface area contributed by atoms with E-state index >= 15 is 0 Å². The number of rotatable bonds is 3. The fraction of sp³-hybridized carbons (Fsp3) is 0.667. The number of piperidine rings is 2. The van der Waals surface area contributed by atoms with Crippen molar-refractivity contribution in [1.29, 1.82) is 0 Å². The Bertz CT molecular complexity index is 1160. The summed E-state index contributed by atoms with van der Waals surface area (Å²) in [4.78, 5) is 43.8. The van der Waals surface area contributed by atoms with E-state index < -0.39 is 0 Å². The number of para-hydroxylation sites is 1. The number of nitrogens with one attached hydrogen (secondary N) is 1. The monoisotopic (exact) mass is 522 g/mol. The number of carbonyl (C=O) groups excluding carboxylic acids is 3. The smallest absolute Gasteiger partial charge is 0.228 e. The fourth-order valence-corrected chi connectivity index (χ4v) is 6.83. The minimum atomic E-state index is 0.0656. The van der Waals surface area contributed by atoms with E-state index in [0.29, 0.717) is 49.7 Å². The van der Waals surface area contributed by atoms with Crippen LogP contribution < -0.4 is 5.32 Å². The first-order chi connectivity index (χ1) is 18.3. The summed E-state index contributed by atoms with van der Waals surface area (Å²) >= 11 is 0. The van der Waals surface area contributed by atoms with Crippen molar-refractivity contribution in [3.05, 3.63) is 30.0 Å². The molecule has 1 aromatic heterocycles. The van der Waals surface area contributed by atoms with Crippen molar-refractivity contribution >= 4 is 28.7 Å². The first-order valence-electron chi connectivity index (χ1n) is 14.5. The highest BCUT2D eigenvalue weighted by atomic mass is 16.5. The van der Waals surface area contributed by atoms with Crippen LogP contribution in [-0.4, -0.2) is 64.4 Å². The summed E-state index contributed by atoms with van der Waals surface area (Å²) in [6, 6.07) is 7.86. The van der Waals surface area contributed by atoms with Crippen molar-refractivity contribution < 1.29 is 18.9 Å². The zero-order chi connectivity index (χ0) is 26.8. The summed E-state index contributed by atoms with van der Waals surface area (Å²) in [5.41, 5.74) is 1.38. The second-order valence-electron chi connectivity index (χ2n) is 12.3. The van der Waals surface area contributed by atoms with Gasteiger partial charge in [0.15, 0.2) is 5.58 Å². The molecule has 1 N–H and O–H groups in total. The summed E-state index contributed by atoms with van der Waals surface area (Å²) in [5, 5.41) is 8.30. The minimum absolute atomic E-state index is 0.0656. The Balaban J connectivity index is 1.29. The van der Waals surface area contributed by atoms with E-state index in [1.807, 2.05) is 29.2 Å². The van der Waals surface area contributed by atoms with Crippen LogP contribution >= 0.6 is 0 Å². The maximum Gasteiger partial charge on any atom is 0.228 e. The summed E-state index contributed by atoms with van der Waals surface area (Å²) in [6.07, 6.45) is 5.67. The van der Waals surface area contributed by atoms with E-state index in [-0.39, 0.29) is 54.0 Å².